The van der Waals surface area contributed by atoms with Crippen LogP contribution in [0.2, 0.25) is 5.04 Å². The number of oxazole rings is 1. The third kappa shape index (κ3) is 7.48. The van der Waals surface area contributed by atoms with Crippen LogP contribution in [0.15, 0.2) is 105 Å². The maximum Gasteiger partial charge on any atom is 0.332 e. The second-order valence-corrected chi connectivity index (χ2v) is 22.1. The Morgan fingerprint density at radius 1 is 0.933 bits per heavy atom. The number of aromatic nitrogens is 3. The lowest BCUT2D eigenvalue weighted by molar-refractivity contribution is -0.129. The van der Waals surface area contributed by atoms with Crippen LogP contribution in [0.25, 0.3) is 21.0 Å². The van der Waals surface area contributed by atoms with Gasteiger partial charge in [-0.15, -0.1) is 11.3 Å². The van der Waals surface area contributed by atoms with E-state index >= 15 is 4.39 Å². The quantitative estimate of drug-likeness (QED) is 0.117. The highest BCUT2D eigenvalue weighted by Gasteiger charge is 2.51. The van der Waals surface area contributed by atoms with Crippen LogP contribution in [0.5, 0.6) is 5.75 Å². The van der Waals surface area contributed by atoms with E-state index in [1.165, 1.54) is 62.9 Å². The lowest BCUT2D eigenvalue weighted by Crippen LogP contribution is -2.67. The molecule has 2 aliphatic rings. The van der Waals surface area contributed by atoms with E-state index in [9.17, 15) is 14.4 Å². The number of amides is 1. The van der Waals surface area contributed by atoms with Gasteiger partial charge in [0.25, 0.3) is 13.9 Å². The maximum atomic E-state index is 15.2. The normalized spacial score (nSPS) is 19.3. The predicted octanol–water partition coefficient (Wildman–Crippen LogP) is 7.38. The average Bonchev–Trinajstić information content (AvgIpc) is 3.98. The fraction of sp³-hybridized carbons (Fsp3) is 0.391. The van der Waals surface area contributed by atoms with Crippen LogP contribution in [0.3, 0.4) is 0 Å². The monoisotopic (exact) mass is 850 g/mol. The van der Waals surface area contributed by atoms with E-state index in [-0.39, 0.29) is 29.7 Å². The van der Waals surface area contributed by atoms with Gasteiger partial charge in [0, 0.05) is 25.3 Å². The zero-order chi connectivity index (χ0) is 42.3. The Morgan fingerprint density at radius 2 is 1.58 bits per heavy atom. The highest BCUT2D eigenvalue weighted by molar-refractivity contribution is 7.22. The maximum absolute atomic E-state index is 15.2. The van der Waals surface area contributed by atoms with Gasteiger partial charge in [-0.1, -0.05) is 81.4 Å². The minimum atomic E-state index is -2.80. The number of rotatable bonds is 12. The number of likely N-dealkylation sites (tertiary alicyclic amines) is 1. The number of halogens is 1. The van der Waals surface area contributed by atoms with Crippen LogP contribution in [0, 0.1) is 12.7 Å². The molecule has 1 aliphatic heterocycles. The Balaban J connectivity index is 1.16. The van der Waals surface area contributed by atoms with Crippen molar-refractivity contribution in [3.63, 3.8) is 0 Å². The summed E-state index contributed by atoms with van der Waals surface area (Å²) < 4.78 is 43.7. The first-order chi connectivity index (χ1) is 28.8. The number of aryl methyl sites for hydroxylation is 1. The van der Waals surface area contributed by atoms with Crippen molar-refractivity contribution in [2.45, 2.75) is 95.7 Å². The Bertz CT molecular complexity index is 2560. The number of hydrogen-bond acceptors (Lipinski definition) is 9. The fourth-order valence-electron chi connectivity index (χ4n) is 9.18. The predicted molar refractivity (Wildman–Crippen MR) is 233 cm³/mol. The molecular formula is C46H51FN4O7SSi. The van der Waals surface area contributed by atoms with Gasteiger partial charge in [-0.25, -0.2) is 18.7 Å². The summed E-state index contributed by atoms with van der Waals surface area (Å²) in [7, 11) is 0.374. The molecule has 314 valence electrons. The smallest absolute Gasteiger partial charge is 0.332 e. The number of carbonyl (C=O) groups is 1. The number of likely N-dealkylation sites (N-methyl/N-ethyl adjacent to an activating group) is 1. The van der Waals surface area contributed by atoms with Gasteiger partial charge in [-0.3, -0.25) is 14.2 Å². The number of hydrogen-bond donors (Lipinski definition) is 0. The molecule has 3 aromatic carbocycles. The van der Waals surface area contributed by atoms with Gasteiger partial charge in [-0.05, 0) is 78.2 Å². The molecule has 0 unspecified atom stereocenters. The van der Waals surface area contributed by atoms with Crippen molar-refractivity contribution in [1.82, 2.24) is 19.0 Å². The van der Waals surface area contributed by atoms with Gasteiger partial charge in [0.05, 0.1) is 36.2 Å². The molecule has 60 heavy (non-hydrogen) atoms. The van der Waals surface area contributed by atoms with Crippen LogP contribution in [-0.4, -0.2) is 66.2 Å². The summed E-state index contributed by atoms with van der Waals surface area (Å²) in [4.78, 5) is 49.4. The van der Waals surface area contributed by atoms with E-state index < -0.39 is 37.5 Å². The summed E-state index contributed by atoms with van der Waals surface area (Å²) in [5.74, 6) is -0.0790. The second-order valence-electron chi connectivity index (χ2n) is 16.9. The molecule has 8 rings (SSSR count). The summed E-state index contributed by atoms with van der Waals surface area (Å²) in [6.45, 7) is 8.94. The van der Waals surface area contributed by atoms with Crippen LogP contribution >= 0.6 is 11.3 Å². The molecule has 11 nitrogen and oxygen atoms in total. The molecule has 14 heteroatoms. The number of carbonyl (C=O) groups excluding carboxylic acids is 1. The van der Waals surface area contributed by atoms with E-state index in [1.807, 2.05) is 12.1 Å². The van der Waals surface area contributed by atoms with Crippen molar-refractivity contribution >= 4 is 46.2 Å². The van der Waals surface area contributed by atoms with Crippen molar-refractivity contribution in [2.24, 2.45) is 0 Å². The molecule has 2 atom stereocenters. The average molecular weight is 851 g/mol. The van der Waals surface area contributed by atoms with Gasteiger partial charge in [-0.2, -0.15) is 0 Å². The zero-order valence-corrected chi connectivity index (χ0v) is 36.7. The molecule has 4 heterocycles. The molecule has 0 N–H and O–H groups in total. The summed E-state index contributed by atoms with van der Waals surface area (Å²) >= 11 is 1.21. The molecule has 1 saturated heterocycles. The largest absolute Gasteiger partial charge is 0.496 e. The number of methoxy groups -OCH3 is 1. The first-order valence-electron chi connectivity index (χ1n) is 20.5. The molecule has 0 spiro atoms. The zero-order valence-electron chi connectivity index (χ0n) is 34.9. The number of benzene rings is 3. The Hall–Kier alpha value is -5.15. The summed E-state index contributed by atoms with van der Waals surface area (Å²) in [5, 5.41) is 2.56. The summed E-state index contributed by atoms with van der Waals surface area (Å²) in [6, 6.07) is 24.5. The van der Waals surface area contributed by atoms with E-state index in [4.69, 9.17) is 18.3 Å². The lowest BCUT2D eigenvalue weighted by atomic mass is 9.94. The second kappa shape index (κ2) is 16.7. The van der Waals surface area contributed by atoms with Gasteiger partial charge in [0.15, 0.2) is 0 Å². The SMILES string of the molecule is COc1ccc(F)cc1[C@H](Cn1c(=O)n([C@H]2CCN(C)C2=O)c(=O)c2c(C)c(-c3ncco3)sc21)OC1CCC(O[Si](c2ccccc2)(c2ccccc2)C(C)(C)C)CC1. The molecule has 1 saturated carbocycles. The van der Waals surface area contributed by atoms with Crippen molar-refractivity contribution in [3.8, 4) is 16.5 Å². The third-order valence-corrected chi connectivity index (χ3v) is 18.6. The van der Waals surface area contributed by atoms with Crippen LogP contribution < -0.4 is 26.4 Å². The topological polar surface area (TPSA) is 118 Å². The van der Waals surface area contributed by atoms with Crippen LogP contribution in [0.1, 0.15) is 76.1 Å². The molecule has 1 aliphatic carbocycles. The van der Waals surface area contributed by atoms with E-state index in [2.05, 4.69) is 74.3 Å². The lowest BCUT2D eigenvalue weighted by Gasteiger charge is -2.46. The Kier molecular flexibility index (Phi) is 11.6. The Labute approximate surface area is 353 Å². The molecule has 0 radical (unpaired) electrons. The highest BCUT2D eigenvalue weighted by atomic mass is 32.1. The standard InChI is InChI=1S/C46H51FN4O7SSi/c1-29-39-43(53)51(36-23-25-49(5)42(36)52)45(54)50(44(39)59-40(29)41-48-24-26-56-41)28-38(35-27-30(47)17-22-37(35)55-6)57-31-18-20-32(21-19-31)58-60(46(2,3)4,33-13-9-7-10-14-33)34-15-11-8-12-16-34/h7-17,22,24,26-27,31-32,36,38H,18-21,23,25,28H2,1-6H3/t31?,32?,36-,38-/m0/s1. The minimum Gasteiger partial charge on any atom is -0.496 e. The minimum absolute atomic E-state index is 0.0334. The van der Waals surface area contributed by atoms with Gasteiger partial charge in [0.2, 0.25) is 11.8 Å². The summed E-state index contributed by atoms with van der Waals surface area (Å²) in [5.41, 5.74) is -0.179. The highest BCUT2D eigenvalue weighted by Crippen LogP contribution is 2.42. The molecule has 2 fully saturated rings. The third-order valence-electron chi connectivity index (χ3n) is 12.2. The molecule has 0 bridgehead atoms. The van der Waals surface area contributed by atoms with E-state index in [1.54, 1.807) is 20.0 Å². The van der Waals surface area contributed by atoms with Crippen molar-refractivity contribution in [1.29, 1.82) is 0 Å². The number of ether oxygens (including phenoxy) is 2. The van der Waals surface area contributed by atoms with Crippen molar-refractivity contribution in [3.05, 3.63) is 129 Å². The molecule has 6 aromatic rings. The first kappa shape index (κ1) is 41.6. The van der Waals surface area contributed by atoms with Gasteiger partial charge >= 0.3 is 5.69 Å². The first-order valence-corrected chi connectivity index (χ1v) is 23.3. The molecule has 1 amide bonds. The van der Waals surface area contributed by atoms with Gasteiger partial charge in [0.1, 0.15) is 34.8 Å². The number of fused-ring (bicyclic) bond motifs is 1. The van der Waals surface area contributed by atoms with Gasteiger partial charge < -0.3 is 23.2 Å². The number of nitrogens with zero attached hydrogens (tertiary/aromatic N) is 4. The molecular weight excluding hydrogens is 800 g/mol. The molecule has 3 aromatic heterocycles. The fourth-order valence-corrected chi connectivity index (χ4v) is 15.2. The summed E-state index contributed by atoms with van der Waals surface area (Å²) in [6.07, 6.45) is 4.89. The van der Waals surface area contributed by atoms with Crippen molar-refractivity contribution in [2.75, 3.05) is 20.7 Å². The van der Waals surface area contributed by atoms with Crippen LogP contribution in [-0.2, 0) is 20.5 Å². The van der Waals surface area contributed by atoms with E-state index in [0.29, 0.717) is 63.7 Å². The Morgan fingerprint density at radius 3 is 2.15 bits per heavy atom. The van der Waals surface area contributed by atoms with E-state index in [0.717, 1.165) is 17.4 Å². The number of thiophene rings is 1. The van der Waals surface area contributed by atoms with Crippen molar-refractivity contribution < 1.29 is 27.5 Å². The van der Waals surface area contributed by atoms with Crippen LogP contribution in [0.4, 0.5) is 4.39 Å².